The molecule has 1 N–H and O–H groups in total. The lowest BCUT2D eigenvalue weighted by Gasteiger charge is -2.13. The van der Waals surface area contributed by atoms with Crippen LogP contribution in [0.1, 0.15) is 17.2 Å². The maximum absolute atomic E-state index is 13.3. The molecular weight excluding hydrogens is 319 g/mol. The Hall–Kier alpha value is -0.900. The van der Waals surface area contributed by atoms with Gasteiger partial charge >= 0.3 is 0 Å². The monoisotopic (exact) mass is 328 g/mol. The van der Waals surface area contributed by atoms with Crippen LogP contribution in [-0.4, -0.2) is 5.11 Å². The van der Waals surface area contributed by atoms with Crippen molar-refractivity contribution < 1.29 is 9.50 Å². The van der Waals surface area contributed by atoms with E-state index in [-0.39, 0.29) is 5.02 Å². The van der Waals surface area contributed by atoms with Crippen LogP contribution in [0.15, 0.2) is 46.9 Å². The van der Waals surface area contributed by atoms with E-state index >= 15 is 0 Å². The number of hydrogen-bond acceptors (Lipinski definition) is 1. The van der Waals surface area contributed by atoms with Gasteiger partial charge in [-0.05, 0) is 29.3 Å². The molecule has 18 heavy (non-hydrogen) atoms. The van der Waals surface area contributed by atoms with Crippen LogP contribution in [0, 0.1) is 5.82 Å². The lowest BCUT2D eigenvalue weighted by molar-refractivity contribution is 0.177. The molecule has 0 aliphatic heterocycles. The summed E-state index contributed by atoms with van der Waals surface area (Å²) in [6.07, 6.45) is -0.336. The molecule has 0 saturated heterocycles. The number of halogens is 3. The molecule has 0 fully saturated rings. The average Bonchev–Trinajstić information content (AvgIpc) is 2.34. The molecule has 0 radical (unpaired) electrons. The van der Waals surface area contributed by atoms with Crippen molar-refractivity contribution in [3.63, 3.8) is 0 Å². The highest BCUT2D eigenvalue weighted by Gasteiger charge is 2.12. The first-order chi connectivity index (χ1) is 8.58. The molecule has 0 spiro atoms. The van der Waals surface area contributed by atoms with Crippen molar-refractivity contribution in [3.8, 4) is 0 Å². The third-order valence-corrected chi connectivity index (χ3v) is 3.71. The standard InChI is InChI=1S/C14H11BrClFO/c15-11-4-2-1-3-10(11)14(18)8-9-5-6-12(16)13(17)7-9/h1-7,14,18H,8H2. The number of benzene rings is 2. The van der Waals surface area contributed by atoms with Crippen LogP contribution in [0.25, 0.3) is 0 Å². The fraction of sp³-hybridized carbons (Fsp3) is 0.143. The van der Waals surface area contributed by atoms with E-state index < -0.39 is 11.9 Å². The topological polar surface area (TPSA) is 20.2 Å². The minimum atomic E-state index is -0.679. The highest BCUT2D eigenvalue weighted by Crippen LogP contribution is 2.26. The first-order valence-corrected chi connectivity index (χ1v) is 6.61. The molecule has 2 aromatic carbocycles. The first kappa shape index (κ1) is 13.5. The van der Waals surface area contributed by atoms with Gasteiger partial charge in [-0.1, -0.05) is 51.8 Å². The van der Waals surface area contributed by atoms with Crippen molar-refractivity contribution >= 4 is 27.5 Å². The largest absolute Gasteiger partial charge is 0.388 e. The Balaban J connectivity index is 2.19. The number of hydrogen-bond donors (Lipinski definition) is 1. The third-order valence-electron chi connectivity index (χ3n) is 2.68. The Morgan fingerprint density at radius 3 is 2.61 bits per heavy atom. The number of aliphatic hydroxyl groups excluding tert-OH is 1. The molecule has 0 aliphatic rings. The predicted molar refractivity (Wildman–Crippen MR) is 74.2 cm³/mol. The fourth-order valence-electron chi connectivity index (χ4n) is 1.75. The van der Waals surface area contributed by atoms with Gasteiger partial charge in [0.2, 0.25) is 0 Å². The Kier molecular flexibility index (Phi) is 4.38. The zero-order chi connectivity index (χ0) is 13.1. The normalized spacial score (nSPS) is 12.4. The molecule has 0 amide bonds. The molecule has 4 heteroatoms. The van der Waals surface area contributed by atoms with E-state index in [0.29, 0.717) is 12.0 Å². The van der Waals surface area contributed by atoms with E-state index in [1.165, 1.54) is 12.1 Å². The second-order valence-corrected chi connectivity index (χ2v) is 5.25. The van der Waals surface area contributed by atoms with Crippen LogP contribution >= 0.6 is 27.5 Å². The molecule has 0 bridgehead atoms. The molecule has 0 aromatic heterocycles. The highest BCUT2D eigenvalue weighted by atomic mass is 79.9. The van der Waals surface area contributed by atoms with Gasteiger partial charge < -0.3 is 5.11 Å². The lowest BCUT2D eigenvalue weighted by Crippen LogP contribution is -2.03. The van der Waals surface area contributed by atoms with Crippen molar-refractivity contribution in [3.05, 3.63) is 68.9 Å². The van der Waals surface area contributed by atoms with Crippen molar-refractivity contribution in [2.75, 3.05) is 0 Å². The number of rotatable bonds is 3. The molecule has 0 saturated carbocycles. The van der Waals surface area contributed by atoms with E-state index in [9.17, 15) is 9.50 Å². The van der Waals surface area contributed by atoms with Crippen LogP contribution in [0.3, 0.4) is 0 Å². The highest BCUT2D eigenvalue weighted by molar-refractivity contribution is 9.10. The molecule has 94 valence electrons. The molecule has 2 rings (SSSR count). The zero-order valence-corrected chi connectivity index (χ0v) is 11.7. The summed E-state index contributed by atoms with van der Waals surface area (Å²) in [6.45, 7) is 0. The Morgan fingerprint density at radius 2 is 1.94 bits per heavy atom. The van der Waals surface area contributed by atoms with Gasteiger partial charge in [-0.15, -0.1) is 0 Å². The third kappa shape index (κ3) is 3.10. The van der Waals surface area contributed by atoms with Crippen molar-refractivity contribution in [1.29, 1.82) is 0 Å². The van der Waals surface area contributed by atoms with E-state index in [1.54, 1.807) is 6.07 Å². The lowest BCUT2D eigenvalue weighted by atomic mass is 10.0. The predicted octanol–water partition coefficient (Wildman–Crippen LogP) is 4.52. The molecule has 2 aromatic rings. The summed E-state index contributed by atoms with van der Waals surface area (Å²) in [5.41, 5.74) is 1.49. The van der Waals surface area contributed by atoms with Gasteiger partial charge in [0.05, 0.1) is 11.1 Å². The zero-order valence-electron chi connectivity index (χ0n) is 9.41. The van der Waals surface area contributed by atoms with Gasteiger partial charge in [0.15, 0.2) is 0 Å². The quantitative estimate of drug-likeness (QED) is 0.878. The summed E-state index contributed by atoms with van der Waals surface area (Å²) in [5.74, 6) is -0.464. The van der Waals surface area contributed by atoms with E-state index in [4.69, 9.17) is 11.6 Å². The van der Waals surface area contributed by atoms with Crippen LogP contribution < -0.4 is 0 Å². The van der Waals surface area contributed by atoms with Gasteiger partial charge in [-0.25, -0.2) is 4.39 Å². The smallest absolute Gasteiger partial charge is 0.142 e. The van der Waals surface area contributed by atoms with Gasteiger partial charge in [0, 0.05) is 10.9 Å². The summed E-state index contributed by atoms with van der Waals surface area (Å²) in [7, 11) is 0. The van der Waals surface area contributed by atoms with Crippen LogP contribution in [0.5, 0.6) is 0 Å². The molecule has 0 heterocycles. The van der Waals surface area contributed by atoms with E-state index in [2.05, 4.69) is 15.9 Å². The van der Waals surface area contributed by atoms with Crippen molar-refractivity contribution in [2.45, 2.75) is 12.5 Å². The second kappa shape index (κ2) is 5.83. The van der Waals surface area contributed by atoms with Crippen LogP contribution in [0.2, 0.25) is 5.02 Å². The first-order valence-electron chi connectivity index (χ1n) is 5.44. The summed E-state index contributed by atoms with van der Waals surface area (Å²) < 4.78 is 14.1. The van der Waals surface area contributed by atoms with Gasteiger partial charge in [-0.2, -0.15) is 0 Å². The molecule has 1 nitrogen and oxygen atoms in total. The SMILES string of the molecule is OC(Cc1ccc(Cl)c(F)c1)c1ccccc1Br. The summed E-state index contributed by atoms with van der Waals surface area (Å²) >= 11 is 9.00. The summed E-state index contributed by atoms with van der Waals surface area (Å²) in [5, 5.41) is 10.2. The van der Waals surface area contributed by atoms with Gasteiger partial charge in [0.25, 0.3) is 0 Å². The molecular formula is C14H11BrClFO. The van der Waals surface area contributed by atoms with E-state index in [1.807, 2.05) is 24.3 Å². The average molecular weight is 330 g/mol. The van der Waals surface area contributed by atoms with Crippen LogP contribution in [-0.2, 0) is 6.42 Å². The van der Waals surface area contributed by atoms with Crippen LogP contribution in [0.4, 0.5) is 4.39 Å². The summed E-state index contributed by atoms with van der Waals surface area (Å²) in [6, 6.07) is 12.0. The maximum Gasteiger partial charge on any atom is 0.142 e. The summed E-state index contributed by atoms with van der Waals surface area (Å²) in [4.78, 5) is 0. The Labute approximate surface area is 118 Å². The maximum atomic E-state index is 13.3. The van der Waals surface area contributed by atoms with E-state index in [0.717, 1.165) is 10.0 Å². The molecule has 0 aliphatic carbocycles. The van der Waals surface area contributed by atoms with Gasteiger partial charge in [-0.3, -0.25) is 0 Å². The Bertz CT molecular complexity index is 559. The minimum absolute atomic E-state index is 0.0918. The van der Waals surface area contributed by atoms with Crippen molar-refractivity contribution in [1.82, 2.24) is 0 Å². The number of aliphatic hydroxyl groups is 1. The molecule has 1 unspecified atom stereocenters. The molecule has 1 atom stereocenters. The fourth-order valence-corrected chi connectivity index (χ4v) is 2.41. The van der Waals surface area contributed by atoms with Crippen molar-refractivity contribution in [2.24, 2.45) is 0 Å². The minimum Gasteiger partial charge on any atom is -0.388 e. The van der Waals surface area contributed by atoms with Gasteiger partial charge in [0.1, 0.15) is 5.82 Å². The second-order valence-electron chi connectivity index (χ2n) is 3.99. The Morgan fingerprint density at radius 1 is 1.22 bits per heavy atom.